The molecule has 1 aliphatic carbocycles. The maximum Gasteiger partial charge on any atom is 0.251 e. The third-order valence-electron chi connectivity index (χ3n) is 8.09. The molecule has 3 aliphatic rings. The van der Waals surface area contributed by atoms with Gasteiger partial charge in [0, 0.05) is 60.8 Å². The number of nitrogens with zero attached hydrogens (tertiary/aromatic N) is 4. The maximum absolute atomic E-state index is 12.6. The number of amides is 1. The minimum atomic E-state index is -0.0136. The smallest absolute Gasteiger partial charge is 0.251 e. The van der Waals surface area contributed by atoms with Crippen LogP contribution in [0.15, 0.2) is 53.6 Å². The van der Waals surface area contributed by atoms with E-state index in [9.17, 15) is 4.79 Å². The molecule has 5 rings (SSSR count). The van der Waals surface area contributed by atoms with E-state index >= 15 is 0 Å². The molecule has 1 aromatic heterocycles. The Labute approximate surface area is 232 Å². The van der Waals surface area contributed by atoms with E-state index in [0.717, 1.165) is 86.3 Å². The fourth-order valence-electron chi connectivity index (χ4n) is 5.73. The maximum atomic E-state index is 12.6. The largest absolute Gasteiger partial charge is 0.386 e. The van der Waals surface area contributed by atoms with Crippen molar-refractivity contribution in [3.63, 3.8) is 0 Å². The summed E-state index contributed by atoms with van der Waals surface area (Å²) in [5.41, 5.74) is 5.64. The fraction of sp³-hybridized carbons (Fsp3) is 0.516. The van der Waals surface area contributed by atoms with Gasteiger partial charge in [0.05, 0.1) is 24.2 Å². The number of allylic oxidation sites excluding steroid dienone is 3. The van der Waals surface area contributed by atoms with Crippen molar-refractivity contribution >= 4 is 18.3 Å². The molecule has 0 radical (unpaired) electrons. The molecule has 3 fully saturated rings. The van der Waals surface area contributed by atoms with Gasteiger partial charge in [-0.15, -0.1) is 0 Å². The van der Waals surface area contributed by atoms with E-state index in [-0.39, 0.29) is 5.91 Å². The summed E-state index contributed by atoms with van der Waals surface area (Å²) >= 11 is 0. The van der Waals surface area contributed by atoms with E-state index in [0.29, 0.717) is 29.8 Å². The van der Waals surface area contributed by atoms with Crippen LogP contribution in [0.2, 0.25) is 0 Å². The number of carbonyl (C=O) groups is 1. The van der Waals surface area contributed by atoms with Gasteiger partial charge in [-0.25, -0.2) is 4.68 Å². The number of aromatic nitrogens is 2. The summed E-state index contributed by atoms with van der Waals surface area (Å²) in [4.78, 5) is 19.3. The minimum absolute atomic E-state index is 0.0136. The fourth-order valence-corrected chi connectivity index (χ4v) is 5.73. The Morgan fingerprint density at radius 1 is 1.15 bits per heavy atom. The first-order valence-electron chi connectivity index (χ1n) is 14.3. The van der Waals surface area contributed by atoms with Crippen LogP contribution in [0.4, 0.5) is 0 Å². The van der Waals surface area contributed by atoms with Gasteiger partial charge in [-0.3, -0.25) is 9.79 Å². The van der Waals surface area contributed by atoms with Crippen LogP contribution in [-0.4, -0.2) is 71.2 Å². The van der Waals surface area contributed by atoms with Gasteiger partial charge in [0.1, 0.15) is 0 Å². The molecule has 208 valence electrons. The number of nitrogens with one attached hydrogen (secondary N) is 2. The Hall–Kier alpha value is -3.23. The molecule has 8 heteroatoms. The lowest BCUT2D eigenvalue weighted by atomic mass is 9.97. The number of piperidine rings is 1. The molecule has 0 spiro atoms. The third kappa shape index (κ3) is 7.05. The molecule has 2 aliphatic heterocycles. The topological polar surface area (TPSA) is 83.8 Å². The summed E-state index contributed by atoms with van der Waals surface area (Å²) in [5, 5.41) is 11.4. The van der Waals surface area contributed by atoms with E-state index in [1.54, 1.807) is 6.20 Å². The zero-order valence-electron chi connectivity index (χ0n) is 23.5. The quantitative estimate of drug-likeness (QED) is 0.360. The van der Waals surface area contributed by atoms with Crippen LogP contribution in [0, 0.1) is 6.92 Å². The van der Waals surface area contributed by atoms with Gasteiger partial charge in [-0.2, -0.15) is 5.10 Å². The van der Waals surface area contributed by atoms with E-state index in [4.69, 9.17) is 4.74 Å². The van der Waals surface area contributed by atoms with Gasteiger partial charge in [-0.05, 0) is 95.3 Å². The highest BCUT2D eigenvalue weighted by atomic mass is 16.5. The van der Waals surface area contributed by atoms with Gasteiger partial charge >= 0.3 is 0 Å². The van der Waals surface area contributed by atoms with Crippen LogP contribution in [-0.2, 0) is 4.74 Å². The van der Waals surface area contributed by atoms with Crippen molar-refractivity contribution in [1.29, 1.82) is 0 Å². The second kappa shape index (κ2) is 12.3. The molecule has 0 bridgehead atoms. The van der Waals surface area contributed by atoms with Crippen molar-refractivity contribution in [2.24, 2.45) is 4.99 Å². The zero-order chi connectivity index (χ0) is 27.4. The summed E-state index contributed by atoms with van der Waals surface area (Å²) in [7, 11) is 0. The van der Waals surface area contributed by atoms with Gasteiger partial charge < -0.3 is 20.3 Å². The van der Waals surface area contributed by atoms with Crippen molar-refractivity contribution < 1.29 is 9.53 Å². The summed E-state index contributed by atoms with van der Waals surface area (Å²) in [6.45, 7) is 13.1. The number of aryl methyl sites for hydroxylation is 1. The second-order valence-corrected chi connectivity index (χ2v) is 11.3. The number of carbonyl (C=O) groups excluding carboxylic acids is 1. The normalized spacial score (nSPS) is 23.5. The number of rotatable bonds is 9. The predicted octanol–water partition coefficient (Wildman–Crippen LogP) is 4.78. The molecular formula is C31H42N6O2. The molecule has 8 nitrogen and oxygen atoms in total. The Balaban J connectivity index is 1.23. The number of likely N-dealkylation sites (tertiary alicyclic amines) is 1. The number of hydrogen-bond acceptors (Lipinski definition) is 6. The summed E-state index contributed by atoms with van der Waals surface area (Å²) in [6, 6.07) is 7.28. The first-order valence-corrected chi connectivity index (χ1v) is 14.3. The molecule has 2 atom stereocenters. The Morgan fingerprint density at radius 2 is 1.92 bits per heavy atom. The summed E-state index contributed by atoms with van der Waals surface area (Å²) in [5.74, 6) is -0.0136. The van der Waals surface area contributed by atoms with Crippen LogP contribution < -0.4 is 10.6 Å². The molecule has 39 heavy (non-hydrogen) atoms. The lowest BCUT2D eigenvalue weighted by Gasteiger charge is -2.41. The molecule has 1 amide bonds. The van der Waals surface area contributed by atoms with Gasteiger partial charge in [0.25, 0.3) is 5.91 Å². The van der Waals surface area contributed by atoms with Crippen LogP contribution >= 0.6 is 0 Å². The number of aliphatic imine (C=N–C) groups is 1. The Morgan fingerprint density at radius 3 is 2.64 bits per heavy atom. The van der Waals surface area contributed by atoms with Crippen molar-refractivity contribution in [3.05, 3.63) is 59.7 Å². The highest BCUT2D eigenvalue weighted by molar-refractivity contribution is 5.96. The average molecular weight is 531 g/mol. The highest BCUT2D eigenvalue weighted by Crippen LogP contribution is 2.27. The molecule has 2 N–H and O–H groups in total. The Bertz CT molecular complexity index is 1240. The highest BCUT2D eigenvalue weighted by Gasteiger charge is 2.29. The van der Waals surface area contributed by atoms with E-state index < -0.39 is 0 Å². The molecule has 1 aromatic carbocycles. The first-order chi connectivity index (χ1) is 18.9. The van der Waals surface area contributed by atoms with Crippen molar-refractivity contribution in [2.75, 3.05) is 19.7 Å². The number of benzene rings is 1. The van der Waals surface area contributed by atoms with E-state index in [2.05, 4.69) is 59.2 Å². The Kier molecular flexibility index (Phi) is 8.63. The van der Waals surface area contributed by atoms with E-state index in [1.807, 2.05) is 35.3 Å². The standard InChI is InChI=1S/C31H42N6O2/c1-21-5-6-24(31(38)35-26-7-8-26)17-30(21)25-18-33-37(20-25)29(19-32-4)15-22(2)34-27-9-12-36(13-10-27)28-11-14-39-23(3)16-28/h5-6,15,17-20,23,26-28,34H,4,7-14,16H2,1-3H3,(H,35,38)/b22-15+,29-19+. The SMILES string of the molecule is C=N/C=C(\C=C(/C)NC1CCN(C2CCOC(C)C2)CC1)n1cc(-c2cc(C(=O)NC3CC3)ccc2C)cn1. The molecular weight excluding hydrogens is 488 g/mol. The van der Waals surface area contributed by atoms with Gasteiger partial charge in [-0.1, -0.05) is 6.07 Å². The van der Waals surface area contributed by atoms with Crippen LogP contribution in [0.1, 0.15) is 68.3 Å². The van der Waals surface area contributed by atoms with Crippen molar-refractivity contribution in [3.8, 4) is 11.1 Å². The molecule has 2 aromatic rings. The van der Waals surface area contributed by atoms with Crippen LogP contribution in [0.5, 0.6) is 0 Å². The molecule has 1 saturated carbocycles. The first kappa shape index (κ1) is 27.3. The summed E-state index contributed by atoms with van der Waals surface area (Å²) < 4.78 is 7.56. The van der Waals surface area contributed by atoms with Crippen LogP contribution in [0.3, 0.4) is 0 Å². The van der Waals surface area contributed by atoms with Gasteiger partial charge in [0.2, 0.25) is 0 Å². The number of ether oxygens (including phenoxy) is 1. The molecule has 3 heterocycles. The number of hydrogen-bond donors (Lipinski definition) is 2. The monoisotopic (exact) mass is 530 g/mol. The van der Waals surface area contributed by atoms with Gasteiger partial charge in [0.15, 0.2) is 0 Å². The molecule has 2 unspecified atom stereocenters. The second-order valence-electron chi connectivity index (χ2n) is 11.3. The molecule has 2 saturated heterocycles. The zero-order valence-corrected chi connectivity index (χ0v) is 23.5. The van der Waals surface area contributed by atoms with Crippen molar-refractivity contribution in [2.45, 2.75) is 83.5 Å². The lowest BCUT2D eigenvalue weighted by Crippen LogP contribution is -2.48. The lowest BCUT2D eigenvalue weighted by molar-refractivity contribution is -0.0228. The minimum Gasteiger partial charge on any atom is -0.386 e. The summed E-state index contributed by atoms with van der Waals surface area (Å²) in [6.07, 6.45) is 14.7. The van der Waals surface area contributed by atoms with E-state index in [1.165, 1.54) is 0 Å². The predicted molar refractivity (Wildman–Crippen MR) is 157 cm³/mol. The van der Waals surface area contributed by atoms with Crippen molar-refractivity contribution in [1.82, 2.24) is 25.3 Å². The third-order valence-corrected chi connectivity index (χ3v) is 8.09. The average Bonchev–Trinajstić information content (AvgIpc) is 3.60. The van der Waals surface area contributed by atoms with Crippen LogP contribution in [0.25, 0.3) is 16.8 Å².